The molecule has 1 aromatic carbocycles. The Bertz CT molecular complexity index is 644. The molecule has 0 unspecified atom stereocenters. The summed E-state index contributed by atoms with van der Waals surface area (Å²) in [6.45, 7) is 3.82. The van der Waals surface area contributed by atoms with Crippen molar-refractivity contribution in [1.82, 2.24) is 0 Å². The van der Waals surface area contributed by atoms with Gasteiger partial charge in [-0.3, -0.25) is 4.79 Å². The molecule has 0 heterocycles. The molecule has 0 amide bonds. The molecule has 5 heteroatoms. The third-order valence-electron chi connectivity index (χ3n) is 3.81. The quantitative estimate of drug-likeness (QED) is 0.294. The van der Waals surface area contributed by atoms with E-state index in [1.165, 1.54) is 37.8 Å². The smallest absolute Gasteiger partial charge is 0.321 e. The van der Waals surface area contributed by atoms with Gasteiger partial charge in [0.2, 0.25) is 0 Å². The van der Waals surface area contributed by atoms with Gasteiger partial charge < -0.3 is 4.74 Å². The van der Waals surface area contributed by atoms with E-state index in [4.69, 9.17) is 4.74 Å². The molecule has 1 aromatic rings. The van der Waals surface area contributed by atoms with Gasteiger partial charge in [0.25, 0.3) is 0 Å². The predicted octanol–water partition coefficient (Wildman–Crippen LogP) is 4.47. The maximum Gasteiger partial charge on any atom is 0.321 e. The molecule has 0 bridgehead atoms. The van der Waals surface area contributed by atoms with Gasteiger partial charge in [-0.05, 0) is 37.5 Å². The lowest BCUT2D eigenvalue weighted by molar-refractivity contribution is -0.140. The monoisotopic (exact) mass is 364 g/mol. The largest absolute Gasteiger partial charge is 0.465 e. The Hall–Kier alpha value is -1.84. The Balaban J connectivity index is 2.06. The number of carbonyl (C=O) groups is 1. The minimum absolute atomic E-state index is 0.149. The summed E-state index contributed by atoms with van der Waals surface area (Å²) in [5.74, 6) is -1.28. The molecule has 0 saturated heterocycles. The van der Waals surface area contributed by atoms with E-state index in [1.54, 1.807) is 18.2 Å². The molecule has 1 rings (SSSR count). The summed E-state index contributed by atoms with van der Waals surface area (Å²) in [6.07, 6.45) is 10.7. The number of hydrogen-bond donors (Lipinski definition) is 0. The van der Waals surface area contributed by atoms with E-state index in [1.807, 2.05) is 6.08 Å². The fourth-order valence-electron chi connectivity index (χ4n) is 2.43. The molecule has 0 aliphatic rings. The molecular formula is C20H28O4S. The lowest BCUT2D eigenvalue weighted by Gasteiger charge is -2.06. The topological polar surface area (TPSA) is 60.4 Å². The minimum atomic E-state index is -3.61. The SMILES string of the molecule is C=C=CCCCCCCCCCOC(=O)CS(=O)(=O)c1ccccc1. The summed E-state index contributed by atoms with van der Waals surface area (Å²) >= 11 is 0. The summed E-state index contributed by atoms with van der Waals surface area (Å²) < 4.78 is 29.1. The van der Waals surface area contributed by atoms with Crippen molar-refractivity contribution in [2.45, 2.75) is 56.3 Å². The third-order valence-corrected chi connectivity index (χ3v) is 5.42. The first-order valence-corrected chi connectivity index (χ1v) is 10.5. The van der Waals surface area contributed by atoms with Crippen LogP contribution in [0.1, 0.15) is 51.4 Å². The lowest BCUT2D eigenvalue weighted by atomic mass is 10.1. The van der Waals surface area contributed by atoms with Crippen molar-refractivity contribution >= 4 is 15.8 Å². The zero-order valence-electron chi connectivity index (χ0n) is 14.8. The number of carbonyl (C=O) groups excluding carboxylic acids is 1. The Kier molecular flexibility index (Phi) is 10.6. The second-order valence-electron chi connectivity index (χ2n) is 5.96. The highest BCUT2D eigenvalue weighted by atomic mass is 32.2. The first-order chi connectivity index (χ1) is 12.1. The van der Waals surface area contributed by atoms with Gasteiger partial charge in [-0.15, -0.1) is 5.73 Å². The highest BCUT2D eigenvalue weighted by Gasteiger charge is 2.19. The van der Waals surface area contributed by atoms with Gasteiger partial charge in [-0.25, -0.2) is 8.42 Å². The van der Waals surface area contributed by atoms with E-state index in [9.17, 15) is 13.2 Å². The zero-order chi connectivity index (χ0) is 18.4. The van der Waals surface area contributed by atoms with Crippen molar-refractivity contribution in [2.24, 2.45) is 0 Å². The molecule has 0 saturated carbocycles. The summed E-state index contributed by atoms with van der Waals surface area (Å²) in [5, 5.41) is 0. The first-order valence-electron chi connectivity index (χ1n) is 8.84. The first kappa shape index (κ1) is 21.2. The predicted molar refractivity (Wildman–Crippen MR) is 100 cm³/mol. The number of sulfone groups is 1. The van der Waals surface area contributed by atoms with E-state index in [0.717, 1.165) is 25.7 Å². The van der Waals surface area contributed by atoms with Crippen LogP contribution in [0.25, 0.3) is 0 Å². The number of allylic oxidation sites excluding steroid dienone is 1. The molecule has 0 spiro atoms. The van der Waals surface area contributed by atoms with Crippen LogP contribution in [0, 0.1) is 0 Å². The van der Waals surface area contributed by atoms with Crippen LogP contribution in [0.5, 0.6) is 0 Å². The summed E-state index contributed by atoms with van der Waals surface area (Å²) in [6, 6.07) is 7.96. The van der Waals surface area contributed by atoms with Crippen LogP contribution in [0.2, 0.25) is 0 Å². The molecule has 0 radical (unpaired) electrons. The van der Waals surface area contributed by atoms with E-state index >= 15 is 0 Å². The Labute approximate surface area is 151 Å². The standard InChI is InChI=1S/C20H28O4S/c1-2-3-4-5-6-7-8-9-10-14-17-24-20(21)18-25(22,23)19-15-12-11-13-16-19/h3,11-13,15-16H,1,4-10,14,17-18H2. The Morgan fingerprint density at radius 3 is 2.24 bits per heavy atom. The van der Waals surface area contributed by atoms with Crippen molar-refractivity contribution < 1.29 is 17.9 Å². The second kappa shape index (κ2) is 12.5. The molecule has 0 aromatic heterocycles. The number of rotatable bonds is 13. The van der Waals surface area contributed by atoms with Crippen LogP contribution >= 0.6 is 0 Å². The van der Waals surface area contributed by atoms with Gasteiger partial charge in [-0.1, -0.05) is 56.9 Å². The Morgan fingerprint density at radius 2 is 1.60 bits per heavy atom. The van der Waals surface area contributed by atoms with Crippen LogP contribution in [0.4, 0.5) is 0 Å². The average molecular weight is 365 g/mol. The minimum Gasteiger partial charge on any atom is -0.465 e. The highest BCUT2D eigenvalue weighted by Crippen LogP contribution is 2.11. The number of benzene rings is 1. The van der Waals surface area contributed by atoms with Gasteiger partial charge >= 0.3 is 5.97 Å². The van der Waals surface area contributed by atoms with Gasteiger partial charge in [0.05, 0.1) is 11.5 Å². The highest BCUT2D eigenvalue weighted by molar-refractivity contribution is 7.92. The van der Waals surface area contributed by atoms with Gasteiger partial charge in [0.15, 0.2) is 15.6 Å². The van der Waals surface area contributed by atoms with Crippen molar-refractivity contribution in [3.8, 4) is 0 Å². The lowest BCUT2D eigenvalue weighted by Crippen LogP contribution is -2.19. The normalized spacial score (nSPS) is 10.9. The van der Waals surface area contributed by atoms with Crippen molar-refractivity contribution in [3.63, 3.8) is 0 Å². The van der Waals surface area contributed by atoms with Crippen LogP contribution in [-0.2, 0) is 19.4 Å². The summed E-state index contributed by atoms with van der Waals surface area (Å²) in [7, 11) is -3.61. The van der Waals surface area contributed by atoms with E-state index in [-0.39, 0.29) is 11.5 Å². The molecular weight excluding hydrogens is 336 g/mol. The molecule has 4 nitrogen and oxygen atoms in total. The maximum absolute atomic E-state index is 12.0. The summed E-state index contributed by atoms with van der Waals surface area (Å²) in [5.41, 5.74) is 2.77. The molecule has 0 fully saturated rings. The fourth-order valence-corrected chi connectivity index (χ4v) is 3.56. The van der Waals surface area contributed by atoms with Gasteiger partial charge in [-0.2, -0.15) is 0 Å². The number of esters is 1. The van der Waals surface area contributed by atoms with Crippen molar-refractivity contribution in [2.75, 3.05) is 12.4 Å². The molecule has 25 heavy (non-hydrogen) atoms. The Morgan fingerprint density at radius 1 is 1.00 bits per heavy atom. The molecule has 0 aliphatic heterocycles. The van der Waals surface area contributed by atoms with Crippen LogP contribution in [0.15, 0.2) is 53.6 Å². The average Bonchev–Trinajstić information content (AvgIpc) is 2.60. The van der Waals surface area contributed by atoms with Crippen molar-refractivity contribution in [3.05, 3.63) is 48.7 Å². The molecule has 0 aliphatic carbocycles. The van der Waals surface area contributed by atoms with Crippen LogP contribution < -0.4 is 0 Å². The number of ether oxygens (including phenoxy) is 1. The molecule has 0 N–H and O–H groups in total. The van der Waals surface area contributed by atoms with E-state index in [0.29, 0.717) is 0 Å². The van der Waals surface area contributed by atoms with Gasteiger partial charge in [0, 0.05) is 0 Å². The van der Waals surface area contributed by atoms with E-state index < -0.39 is 21.6 Å². The third kappa shape index (κ3) is 9.90. The zero-order valence-corrected chi connectivity index (χ0v) is 15.6. The molecule has 0 atom stereocenters. The van der Waals surface area contributed by atoms with Crippen LogP contribution in [-0.4, -0.2) is 26.7 Å². The summed E-state index contributed by atoms with van der Waals surface area (Å²) in [4.78, 5) is 11.8. The van der Waals surface area contributed by atoms with E-state index in [2.05, 4.69) is 12.3 Å². The fraction of sp³-hybridized carbons (Fsp3) is 0.500. The van der Waals surface area contributed by atoms with Gasteiger partial charge in [0.1, 0.15) is 0 Å². The maximum atomic E-state index is 12.0. The van der Waals surface area contributed by atoms with Crippen LogP contribution in [0.3, 0.4) is 0 Å². The number of unbranched alkanes of at least 4 members (excludes halogenated alkanes) is 7. The molecule has 138 valence electrons. The second-order valence-corrected chi connectivity index (χ2v) is 7.95. The number of hydrogen-bond acceptors (Lipinski definition) is 4. The van der Waals surface area contributed by atoms with Crippen molar-refractivity contribution in [1.29, 1.82) is 0 Å².